The molecule has 0 radical (unpaired) electrons. The molecule has 3 N–H and O–H groups in total. The van der Waals surface area contributed by atoms with Crippen LogP contribution in [0.25, 0.3) is 5.70 Å². The number of rotatable bonds is 8. The summed E-state index contributed by atoms with van der Waals surface area (Å²) in [5.41, 5.74) is 2.51. The molecule has 0 bridgehead atoms. The van der Waals surface area contributed by atoms with Gasteiger partial charge < -0.3 is 25.2 Å². The van der Waals surface area contributed by atoms with Crippen molar-refractivity contribution in [3.05, 3.63) is 98.6 Å². The van der Waals surface area contributed by atoms with Gasteiger partial charge >= 0.3 is 12.0 Å². The molecule has 1 aliphatic heterocycles. The first-order valence-corrected chi connectivity index (χ1v) is 11.7. The molecule has 0 fully saturated rings. The highest BCUT2D eigenvalue weighted by molar-refractivity contribution is 14.1. The largest absolute Gasteiger partial charge is 0.493 e. The number of methoxy groups -OCH3 is 1. The molecule has 178 valence electrons. The van der Waals surface area contributed by atoms with Crippen LogP contribution in [0.2, 0.25) is 0 Å². The molecule has 9 heteroatoms. The highest BCUT2D eigenvalue weighted by Crippen LogP contribution is 2.40. The molecular weight excluding hydrogens is 563 g/mol. The van der Waals surface area contributed by atoms with Gasteiger partial charge in [-0.05, 0) is 45.9 Å². The maximum Gasteiger partial charge on any atom is 0.341 e. The van der Waals surface area contributed by atoms with E-state index in [2.05, 4.69) is 10.6 Å². The van der Waals surface area contributed by atoms with Gasteiger partial charge in [0.25, 0.3) is 0 Å². The Labute approximate surface area is 215 Å². The minimum atomic E-state index is -1.12. The number of benzene rings is 3. The van der Waals surface area contributed by atoms with Crippen molar-refractivity contribution in [3.63, 3.8) is 0 Å². The quantitative estimate of drug-likeness (QED) is 0.267. The average Bonchev–Trinajstić information content (AvgIpc) is 2.87. The topological polar surface area (TPSA) is 114 Å². The van der Waals surface area contributed by atoms with Crippen LogP contribution in [0.5, 0.6) is 11.5 Å². The standard InChI is InChI=1S/C26H21IN2O6/c1-34-19-13-17(12-18(27)25(19)35-14-20(30)31)23-21(24(32)16-10-6-3-7-11-16)22(28-26(33)29-23)15-8-4-2-5-9-15/h2-13,23H,14H2,1H3,(H,30,31)(H2,28,29,33)/t23-/m0/s1. The molecular formula is C26H21IN2O6. The zero-order valence-corrected chi connectivity index (χ0v) is 20.7. The number of amides is 2. The molecule has 4 rings (SSSR count). The van der Waals surface area contributed by atoms with E-state index in [1.54, 1.807) is 36.4 Å². The lowest BCUT2D eigenvalue weighted by molar-refractivity contribution is -0.139. The molecule has 3 aromatic rings. The van der Waals surface area contributed by atoms with E-state index in [4.69, 9.17) is 14.6 Å². The van der Waals surface area contributed by atoms with Gasteiger partial charge in [0.05, 0.1) is 28.0 Å². The molecule has 0 spiro atoms. The number of urea groups is 1. The van der Waals surface area contributed by atoms with E-state index < -0.39 is 24.6 Å². The highest BCUT2D eigenvalue weighted by atomic mass is 127. The number of hydrogen-bond donors (Lipinski definition) is 3. The predicted molar refractivity (Wildman–Crippen MR) is 137 cm³/mol. The van der Waals surface area contributed by atoms with Gasteiger partial charge in [0, 0.05) is 5.56 Å². The second-order valence-electron chi connectivity index (χ2n) is 7.60. The number of nitrogens with one attached hydrogen (secondary N) is 2. The van der Waals surface area contributed by atoms with Crippen molar-refractivity contribution in [1.29, 1.82) is 0 Å². The maximum atomic E-state index is 13.8. The number of carbonyl (C=O) groups is 3. The fourth-order valence-corrected chi connectivity index (χ4v) is 4.60. The Kier molecular flexibility index (Phi) is 7.35. The van der Waals surface area contributed by atoms with Gasteiger partial charge in [0.15, 0.2) is 23.9 Å². The highest BCUT2D eigenvalue weighted by Gasteiger charge is 2.34. The molecule has 35 heavy (non-hydrogen) atoms. The van der Waals surface area contributed by atoms with E-state index in [1.165, 1.54) is 7.11 Å². The molecule has 2 amide bonds. The van der Waals surface area contributed by atoms with E-state index in [0.29, 0.717) is 31.5 Å². The summed E-state index contributed by atoms with van der Waals surface area (Å²) in [5, 5.41) is 14.7. The molecule has 1 atom stereocenters. The van der Waals surface area contributed by atoms with E-state index in [9.17, 15) is 14.4 Å². The number of carbonyl (C=O) groups excluding carboxylic acids is 2. The number of carboxylic acid groups (broad SMARTS) is 1. The summed E-state index contributed by atoms with van der Waals surface area (Å²) in [5.74, 6) is -0.817. The fourth-order valence-electron chi connectivity index (χ4n) is 3.82. The van der Waals surface area contributed by atoms with Crippen LogP contribution in [0, 0.1) is 3.57 Å². The van der Waals surface area contributed by atoms with Crippen LogP contribution in [0.1, 0.15) is 27.5 Å². The lowest BCUT2D eigenvalue weighted by Gasteiger charge is -2.30. The van der Waals surface area contributed by atoms with Gasteiger partial charge in [0.1, 0.15) is 0 Å². The lowest BCUT2D eigenvalue weighted by Crippen LogP contribution is -2.45. The van der Waals surface area contributed by atoms with Crippen molar-refractivity contribution in [2.24, 2.45) is 0 Å². The molecule has 3 aromatic carbocycles. The van der Waals surface area contributed by atoms with Crippen molar-refractivity contribution < 1.29 is 29.0 Å². The first-order chi connectivity index (χ1) is 16.9. The summed E-state index contributed by atoms with van der Waals surface area (Å²) in [6, 6.07) is 20.1. The molecule has 8 nitrogen and oxygen atoms in total. The molecule has 0 aromatic heterocycles. The molecule has 1 aliphatic rings. The second-order valence-corrected chi connectivity index (χ2v) is 8.76. The SMILES string of the molecule is COc1cc([C@@H]2NC(=O)NC(c3ccccc3)=C2C(=O)c2ccccc2)cc(I)c1OCC(=O)O. The third-order valence-electron chi connectivity index (χ3n) is 5.34. The summed E-state index contributed by atoms with van der Waals surface area (Å²) >= 11 is 2.01. The zero-order chi connectivity index (χ0) is 24.9. The molecule has 0 unspecified atom stereocenters. The number of halogens is 1. The van der Waals surface area contributed by atoms with E-state index in [0.717, 1.165) is 0 Å². The third kappa shape index (κ3) is 5.29. The fraction of sp³-hybridized carbons (Fsp3) is 0.115. The maximum absolute atomic E-state index is 13.8. The first kappa shape index (κ1) is 24.3. The van der Waals surface area contributed by atoms with Gasteiger partial charge in [-0.25, -0.2) is 9.59 Å². The summed E-state index contributed by atoms with van der Waals surface area (Å²) in [6.07, 6.45) is 0. The number of hydrogen-bond acceptors (Lipinski definition) is 5. The van der Waals surface area contributed by atoms with Crippen molar-refractivity contribution in [3.8, 4) is 11.5 Å². The monoisotopic (exact) mass is 584 g/mol. The Bertz CT molecular complexity index is 1310. The average molecular weight is 584 g/mol. The predicted octanol–water partition coefficient (Wildman–Crippen LogP) is 4.41. The van der Waals surface area contributed by atoms with E-state index in [-0.39, 0.29) is 17.3 Å². The molecule has 0 aliphatic carbocycles. The Morgan fingerprint density at radius 3 is 2.31 bits per heavy atom. The number of ether oxygens (including phenoxy) is 2. The zero-order valence-electron chi connectivity index (χ0n) is 18.6. The van der Waals surface area contributed by atoms with Crippen molar-refractivity contribution in [2.45, 2.75) is 6.04 Å². The number of carboxylic acids is 1. The van der Waals surface area contributed by atoms with Gasteiger partial charge in [-0.2, -0.15) is 0 Å². The molecule has 0 saturated carbocycles. The lowest BCUT2D eigenvalue weighted by atomic mass is 9.87. The Morgan fingerprint density at radius 2 is 1.69 bits per heavy atom. The van der Waals surface area contributed by atoms with Gasteiger partial charge in [-0.15, -0.1) is 0 Å². The molecule has 1 heterocycles. The third-order valence-corrected chi connectivity index (χ3v) is 6.14. The summed E-state index contributed by atoms with van der Waals surface area (Å²) < 4.78 is 11.4. The number of ketones is 1. The van der Waals surface area contributed by atoms with Crippen LogP contribution in [-0.4, -0.2) is 36.6 Å². The normalized spacial score (nSPS) is 15.1. The van der Waals surface area contributed by atoms with Gasteiger partial charge in [-0.1, -0.05) is 60.7 Å². The Balaban J connectivity index is 1.89. The van der Waals surface area contributed by atoms with Crippen molar-refractivity contribution in [1.82, 2.24) is 10.6 Å². The molecule has 0 saturated heterocycles. The van der Waals surface area contributed by atoms with Crippen LogP contribution in [0.4, 0.5) is 4.79 Å². The minimum Gasteiger partial charge on any atom is -0.493 e. The Morgan fingerprint density at radius 1 is 1.03 bits per heavy atom. The van der Waals surface area contributed by atoms with Crippen LogP contribution < -0.4 is 20.1 Å². The summed E-state index contributed by atoms with van der Waals surface area (Å²) in [7, 11) is 1.44. The second kappa shape index (κ2) is 10.6. The van der Waals surface area contributed by atoms with E-state index >= 15 is 0 Å². The van der Waals surface area contributed by atoms with Crippen molar-refractivity contribution in [2.75, 3.05) is 13.7 Å². The summed E-state index contributed by atoms with van der Waals surface area (Å²) in [6.45, 7) is -0.536. The van der Waals surface area contributed by atoms with Crippen LogP contribution in [0.3, 0.4) is 0 Å². The first-order valence-electron chi connectivity index (χ1n) is 10.6. The van der Waals surface area contributed by atoms with Crippen LogP contribution >= 0.6 is 22.6 Å². The van der Waals surface area contributed by atoms with Crippen molar-refractivity contribution >= 4 is 46.1 Å². The Hall–Kier alpha value is -3.86. The van der Waals surface area contributed by atoms with E-state index in [1.807, 2.05) is 59.0 Å². The minimum absolute atomic E-state index is 0.248. The summed E-state index contributed by atoms with van der Waals surface area (Å²) in [4.78, 5) is 37.5. The number of Topliss-reactive ketones (excluding diaryl/α,β-unsaturated/α-hetero) is 1. The number of aliphatic carboxylic acids is 1. The van der Waals surface area contributed by atoms with Crippen LogP contribution in [-0.2, 0) is 4.79 Å². The smallest absolute Gasteiger partial charge is 0.341 e. The van der Waals surface area contributed by atoms with Gasteiger partial charge in [-0.3, -0.25) is 4.79 Å². The van der Waals surface area contributed by atoms with Gasteiger partial charge in [0.2, 0.25) is 0 Å². The van der Waals surface area contributed by atoms with Crippen LogP contribution in [0.15, 0.2) is 78.4 Å².